The van der Waals surface area contributed by atoms with Gasteiger partial charge in [0.1, 0.15) is 11.6 Å². The summed E-state index contributed by atoms with van der Waals surface area (Å²) in [6.07, 6.45) is 3.49. The van der Waals surface area contributed by atoms with Crippen molar-refractivity contribution < 1.29 is 4.39 Å². The minimum Gasteiger partial charge on any atom is -0.337 e. The van der Waals surface area contributed by atoms with E-state index in [2.05, 4.69) is 50.2 Å². The first-order valence-corrected chi connectivity index (χ1v) is 9.94. The van der Waals surface area contributed by atoms with Gasteiger partial charge in [0.25, 0.3) is 0 Å². The van der Waals surface area contributed by atoms with Gasteiger partial charge in [-0.3, -0.25) is 4.98 Å². The monoisotopic (exact) mass is 443 g/mol. The highest BCUT2D eigenvalue weighted by Crippen LogP contribution is 2.37. The summed E-state index contributed by atoms with van der Waals surface area (Å²) >= 11 is 3.75. The first kappa shape index (κ1) is 17.8. The number of hydrogen-bond donors (Lipinski definition) is 1. The number of halogens is 2. The number of pyridine rings is 1. The molecule has 3 nitrogen and oxygen atoms in total. The number of nitrogens with zero attached hydrogens (tertiary/aromatic N) is 2. The minimum atomic E-state index is -0.271. The summed E-state index contributed by atoms with van der Waals surface area (Å²) in [5.41, 5.74) is 4.42. The first-order chi connectivity index (χ1) is 14.2. The Labute approximate surface area is 175 Å². The van der Waals surface area contributed by atoms with Gasteiger partial charge in [0, 0.05) is 33.6 Å². The molecule has 5 rings (SSSR count). The van der Waals surface area contributed by atoms with Crippen LogP contribution in [0.3, 0.4) is 0 Å². The average Bonchev–Trinajstić information content (AvgIpc) is 3.20. The highest BCUT2D eigenvalue weighted by atomic mass is 79.9. The number of nitrogens with one attached hydrogen (secondary N) is 1. The Bertz CT molecular complexity index is 1310. The van der Waals surface area contributed by atoms with Crippen molar-refractivity contribution in [3.63, 3.8) is 0 Å². The van der Waals surface area contributed by atoms with Gasteiger partial charge in [-0.1, -0.05) is 30.3 Å². The van der Waals surface area contributed by atoms with Gasteiger partial charge in [-0.15, -0.1) is 0 Å². The Morgan fingerprint density at radius 1 is 0.793 bits per heavy atom. The predicted octanol–water partition coefficient (Wildman–Crippen LogP) is 6.86. The molecular formula is C24H15BrFN3. The summed E-state index contributed by atoms with van der Waals surface area (Å²) in [5, 5.41) is 2.28. The number of imidazole rings is 1. The lowest BCUT2D eigenvalue weighted by Gasteiger charge is -2.06. The number of H-pyrrole nitrogens is 1. The zero-order chi connectivity index (χ0) is 19.8. The molecule has 0 aliphatic rings. The minimum absolute atomic E-state index is 0.271. The van der Waals surface area contributed by atoms with Gasteiger partial charge in [0.2, 0.25) is 0 Å². The Hall–Kier alpha value is -3.31. The zero-order valence-electron chi connectivity index (χ0n) is 15.2. The van der Waals surface area contributed by atoms with E-state index in [1.54, 1.807) is 24.5 Å². The Balaban J connectivity index is 1.73. The van der Waals surface area contributed by atoms with Gasteiger partial charge in [-0.05, 0) is 69.2 Å². The third kappa shape index (κ3) is 3.23. The molecule has 2 aromatic heterocycles. The van der Waals surface area contributed by atoms with Crippen LogP contribution in [-0.4, -0.2) is 15.0 Å². The maximum Gasteiger partial charge on any atom is 0.139 e. The normalized spacial score (nSPS) is 11.1. The third-order valence-electron chi connectivity index (χ3n) is 4.91. The van der Waals surface area contributed by atoms with Crippen LogP contribution >= 0.6 is 15.9 Å². The summed E-state index contributed by atoms with van der Waals surface area (Å²) in [4.78, 5) is 12.5. The molecule has 0 fully saturated rings. The fraction of sp³-hybridized carbons (Fsp3) is 0. The standard InChI is InChI=1S/C24H15BrFN3/c25-21-19-4-2-1-3-15(19)7-10-20(21)24-28-22(16-5-8-18(26)9-6-16)23(29-24)17-11-13-27-14-12-17/h1-14H,(H,28,29). The molecule has 0 radical (unpaired) electrons. The second-order valence-electron chi connectivity index (χ2n) is 6.70. The maximum absolute atomic E-state index is 13.5. The summed E-state index contributed by atoms with van der Waals surface area (Å²) in [6, 6.07) is 22.6. The fourth-order valence-electron chi connectivity index (χ4n) is 3.46. The van der Waals surface area contributed by atoms with Gasteiger partial charge < -0.3 is 4.98 Å². The zero-order valence-corrected chi connectivity index (χ0v) is 16.8. The molecule has 0 aliphatic heterocycles. The lowest BCUT2D eigenvalue weighted by atomic mass is 10.1. The van der Waals surface area contributed by atoms with Crippen LogP contribution < -0.4 is 0 Å². The molecule has 0 amide bonds. The molecular weight excluding hydrogens is 429 g/mol. The molecule has 1 N–H and O–H groups in total. The van der Waals surface area contributed by atoms with Crippen LogP contribution in [0.25, 0.3) is 44.7 Å². The molecule has 2 heterocycles. The predicted molar refractivity (Wildman–Crippen MR) is 118 cm³/mol. The summed E-state index contributed by atoms with van der Waals surface area (Å²) in [5.74, 6) is 0.473. The van der Waals surface area contributed by atoms with Crippen molar-refractivity contribution in [3.8, 4) is 33.9 Å². The highest BCUT2D eigenvalue weighted by molar-refractivity contribution is 9.10. The topological polar surface area (TPSA) is 41.6 Å². The van der Waals surface area contributed by atoms with Crippen LogP contribution in [0.5, 0.6) is 0 Å². The first-order valence-electron chi connectivity index (χ1n) is 9.14. The number of fused-ring (bicyclic) bond motifs is 1. The number of rotatable bonds is 3. The Morgan fingerprint density at radius 2 is 1.55 bits per heavy atom. The largest absolute Gasteiger partial charge is 0.337 e. The Kier molecular flexibility index (Phi) is 4.45. The van der Waals surface area contributed by atoms with Gasteiger partial charge in [0.15, 0.2) is 0 Å². The molecule has 0 aliphatic carbocycles. The number of hydrogen-bond acceptors (Lipinski definition) is 2. The molecule has 5 heteroatoms. The van der Waals surface area contributed by atoms with E-state index < -0.39 is 0 Å². The molecule has 0 spiro atoms. The average molecular weight is 444 g/mol. The highest BCUT2D eigenvalue weighted by Gasteiger charge is 2.17. The molecule has 0 atom stereocenters. The molecule has 0 saturated heterocycles. The van der Waals surface area contributed by atoms with Gasteiger partial charge >= 0.3 is 0 Å². The molecule has 0 bridgehead atoms. The van der Waals surface area contributed by atoms with Crippen molar-refractivity contribution in [1.82, 2.24) is 15.0 Å². The lowest BCUT2D eigenvalue weighted by molar-refractivity contribution is 0.628. The van der Waals surface area contributed by atoms with Crippen LogP contribution in [-0.2, 0) is 0 Å². The van der Waals surface area contributed by atoms with Crippen LogP contribution in [0.1, 0.15) is 0 Å². The molecule has 140 valence electrons. The summed E-state index contributed by atoms with van der Waals surface area (Å²) < 4.78 is 14.4. The van der Waals surface area contributed by atoms with E-state index in [0.717, 1.165) is 49.1 Å². The number of benzene rings is 3. The second kappa shape index (κ2) is 7.26. The van der Waals surface area contributed by atoms with Crippen molar-refractivity contribution >= 4 is 26.7 Å². The van der Waals surface area contributed by atoms with Crippen molar-refractivity contribution in [1.29, 1.82) is 0 Å². The summed E-state index contributed by atoms with van der Waals surface area (Å²) in [6.45, 7) is 0. The third-order valence-corrected chi connectivity index (χ3v) is 5.76. The van der Waals surface area contributed by atoms with E-state index >= 15 is 0 Å². The van der Waals surface area contributed by atoms with Gasteiger partial charge in [0.05, 0.1) is 11.4 Å². The summed E-state index contributed by atoms with van der Waals surface area (Å²) in [7, 11) is 0. The molecule has 0 saturated carbocycles. The van der Waals surface area contributed by atoms with Crippen molar-refractivity contribution in [2.75, 3.05) is 0 Å². The number of aromatic amines is 1. The van der Waals surface area contributed by atoms with Gasteiger partial charge in [-0.25, -0.2) is 9.37 Å². The van der Waals surface area contributed by atoms with E-state index in [1.807, 2.05) is 24.3 Å². The lowest BCUT2D eigenvalue weighted by Crippen LogP contribution is -1.85. The fourth-order valence-corrected chi connectivity index (χ4v) is 4.14. The van der Waals surface area contributed by atoms with E-state index in [-0.39, 0.29) is 5.82 Å². The van der Waals surface area contributed by atoms with Crippen LogP contribution in [0.15, 0.2) is 89.7 Å². The quantitative estimate of drug-likeness (QED) is 0.330. The number of aromatic nitrogens is 3. The van der Waals surface area contributed by atoms with E-state index in [4.69, 9.17) is 4.98 Å². The second-order valence-corrected chi connectivity index (χ2v) is 7.49. The van der Waals surface area contributed by atoms with Crippen molar-refractivity contribution in [2.45, 2.75) is 0 Å². The smallest absolute Gasteiger partial charge is 0.139 e. The van der Waals surface area contributed by atoms with E-state index in [1.165, 1.54) is 12.1 Å². The van der Waals surface area contributed by atoms with Crippen molar-refractivity contribution in [3.05, 3.63) is 95.5 Å². The molecule has 3 aromatic carbocycles. The van der Waals surface area contributed by atoms with E-state index in [0.29, 0.717) is 0 Å². The van der Waals surface area contributed by atoms with E-state index in [9.17, 15) is 4.39 Å². The molecule has 29 heavy (non-hydrogen) atoms. The molecule has 0 unspecified atom stereocenters. The SMILES string of the molecule is Fc1ccc(-c2nc(-c3ccc4ccccc4c3Br)[nH]c2-c2ccncc2)cc1. The van der Waals surface area contributed by atoms with Crippen LogP contribution in [0.4, 0.5) is 4.39 Å². The van der Waals surface area contributed by atoms with Crippen LogP contribution in [0, 0.1) is 5.82 Å². The van der Waals surface area contributed by atoms with Gasteiger partial charge in [-0.2, -0.15) is 0 Å². The maximum atomic E-state index is 13.5. The van der Waals surface area contributed by atoms with Crippen molar-refractivity contribution in [2.24, 2.45) is 0 Å². The van der Waals surface area contributed by atoms with Crippen LogP contribution in [0.2, 0.25) is 0 Å². The molecule has 5 aromatic rings. The Morgan fingerprint density at radius 3 is 2.34 bits per heavy atom.